The molecule has 0 aromatic rings. The number of carbonyl (C=O) groups is 1. The lowest BCUT2D eigenvalue weighted by atomic mass is 10.0. The standard InChI is InChI=1S/C66H121N2O6P/c1-6-8-10-12-14-16-18-20-21-22-23-24-25-26-27-28-29-30-31-32-33-34-35-36-37-38-39-40-41-42-43-44-45-46-47-48-50-52-54-56-58-60-66(70)67-64(63-74-75(71,72)73-62-61-68(3,4)5)65(69)59-57-55-53-51-49-19-17-15-13-11-9-7-2/h8,10,14,16,20-21,23-24,26-27,29-30,32-33,64-65,69H,6-7,9,11-13,15,17-19,22,25,28,31,34-63H2,1-5H3,(H-,67,70,71,72)/b10-8-,16-14-,21-20-,24-23-,27-26-,30-29-,33-32-. The minimum absolute atomic E-state index is 0.0116. The van der Waals surface area contributed by atoms with Gasteiger partial charge in [-0.05, 0) is 70.6 Å². The van der Waals surface area contributed by atoms with Gasteiger partial charge in [0.1, 0.15) is 13.2 Å². The highest BCUT2D eigenvalue weighted by molar-refractivity contribution is 7.45. The highest BCUT2D eigenvalue weighted by atomic mass is 31.2. The van der Waals surface area contributed by atoms with Crippen molar-refractivity contribution in [1.82, 2.24) is 5.32 Å². The Morgan fingerprint density at radius 2 is 0.813 bits per heavy atom. The molecule has 0 saturated heterocycles. The van der Waals surface area contributed by atoms with Gasteiger partial charge in [0, 0.05) is 6.42 Å². The monoisotopic (exact) mass is 1070 g/mol. The van der Waals surface area contributed by atoms with Crippen LogP contribution in [0.4, 0.5) is 0 Å². The summed E-state index contributed by atoms with van der Waals surface area (Å²) in [7, 11) is 1.31. The van der Waals surface area contributed by atoms with E-state index < -0.39 is 20.0 Å². The Hall–Kier alpha value is -2.32. The molecule has 0 aliphatic heterocycles. The van der Waals surface area contributed by atoms with Gasteiger partial charge in [-0.2, -0.15) is 0 Å². The number of rotatable bonds is 57. The number of nitrogens with one attached hydrogen (secondary N) is 1. The number of aliphatic hydroxyl groups is 1. The number of allylic oxidation sites excluding steroid dienone is 14. The van der Waals surface area contributed by atoms with Crippen LogP contribution in [-0.2, 0) is 18.4 Å². The number of hydrogen-bond donors (Lipinski definition) is 2. The van der Waals surface area contributed by atoms with E-state index >= 15 is 0 Å². The quantitative estimate of drug-likeness (QED) is 0.0272. The van der Waals surface area contributed by atoms with Crippen LogP contribution in [-0.4, -0.2) is 68.5 Å². The number of aliphatic hydroxyl groups excluding tert-OH is 1. The fourth-order valence-corrected chi connectivity index (χ4v) is 9.75. The van der Waals surface area contributed by atoms with Crippen molar-refractivity contribution < 1.29 is 32.9 Å². The van der Waals surface area contributed by atoms with E-state index in [9.17, 15) is 19.4 Å². The van der Waals surface area contributed by atoms with Crippen LogP contribution in [0.15, 0.2) is 85.1 Å². The summed E-state index contributed by atoms with van der Waals surface area (Å²) in [5.41, 5.74) is 0. The number of unbranched alkanes of at least 4 members (excludes halogenated alkanes) is 30. The molecule has 0 aromatic carbocycles. The predicted molar refractivity (Wildman–Crippen MR) is 325 cm³/mol. The molecule has 75 heavy (non-hydrogen) atoms. The van der Waals surface area contributed by atoms with Gasteiger partial charge in [0.15, 0.2) is 0 Å². The summed E-state index contributed by atoms with van der Waals surface area (Å²) < 4.78 is 23.4. The van der Waals surface area contributed by atoms with Crippen molar-refractivity contribution in [1.29, 1.82) is 0 Å². The van der Waals surface area contributed by atoms with Crippen LogP contribution in [0.3, 0.4) is 0 Å². The molecule has 0 spiro atoms. The van der Waals surface area contributed by atoms with Crippen molar-refractivity contribution >= 4 is 13.7 Å². The first-order chi connectivity index (χ1) is 36.5. The van der Waals surface area contributed by atoms with Crippen LogP contribution >= 0.6 is 7.82 Å². The topological polar surface area (TPSA) is 108 Å². The van der Waals surface area contributed by atoms with Crippen molar-refractivity contribution in [3.05, 3.63) is 85.1 Å². The summed E-state index contributed by atoms with van der Waals surface area (Å²) in [5, 5.41) is 14.0. The van der Waals surface area contributed by atoms with Gasteiger partial charge in [-0.1, -0.05) is 285 Å². The molecular weight excluding hydrogens is 948 g/mol. The first-order valence-corrected chi connectivity index (χ1v) is 32.9. The van der Waals surface area contributed by atoms with Crippen molar-refractivity contribution in [2.75, 3.05) is 40.9 Å². The lowest BCUT2D eigenvalue weighted by Crippen LogP contribution is -2.46. The van der Waals surface area contributed by atoms with Crippen molar-refractivity contribution in [2.24, 2.45) is 0 Å². The second-order valence-electron chi connectivity index (χ2n) is 22.4. The SMILES string of the molecule is CC/C=C\C/C=C\C/C=C\C/C=C\C/C=C\C/C=C\C/C=C\CCCCCCCCCCCCCCCCCCCCCC(=O)NC(COP(=O)([O-])OCC[N+](C)(C)C)C(O)CCCCCCCCCCCCCC. The maximum absolute atomic E-state index is 13.0. The Morgan fingerprint density at radius 1 is 0.480 bits per heavy atom. The summed E-state index contributed by atoms with van der Waals surface area (Å²) in [5.74, 6) is -0.164. The van der Waals surface area contributed by atoms with E-state index in [1.165, 1.54) is 167 Å². The van der Waals surface area contributed by atoms with E-state index in [0.717, 1.165) is 83.5 Å². The third-order valence-corrected chi connectivity index (χ3v) is 14.9. The normalized spacial score (nSPS) is 14.4. The minimum Gasteiger partial charge on any atom is -0.756 e. The highest BCUT2D eigenvalue weighted by Crippen LogP contribution is 2.38. The van der Waals surface area contributed by atoms with Gasteiger partial charge in [0.05, 0.1) is 39.9 Å². The fraction of sp³-hybridized carbons (Fsp3) is 0.773. The summed E-state index contributed by atoms with van der Waals surface area (Å²) >= 11 is 0. The van der Waals surface area contributed by atoms with Gasteiger partial charge in [-0.25, -0.2) is 0 Å². The number of quaternary nitrogens is 1. The molecule has 0 heterocycles. The van der Waals surface area contributed by atoms with Gasteiger partial charge in [-0.15, -0.1) is 0 Å². The zero-order valence-corrected chi connectivity index (χ0v) is 50.6. The van der Waals surface area contributed by atoms with Gasteiger partial charge in [0.2, 0.25) is 5.91 Å². The summed E-state index contributed by atoms with van der Waals surface area (Å²) in [6, 6.07) is -0.801. The molecule has 8 nitrogen and oxygen atoms in total. The molecule has 436 valence electrons. The van der Waals surface area contributed by atoms with Gasteiger partial charge in [0.25, 0.3) is 7.82 Å². The molecular formula is C66H121N2O6P. The lowest BCUT2D eigenvalue weighted by molar-refractivity contribution is -0.870. The molecule has 2 N–H and O–H groups in total. The number of phosphoric ester groups is 1. The number of amides is 1. The molecule has 0 rings (SSSR count). The van der Waals surface area contributed by atoms with E-state index in [1.54, 1.807) is 0 Å². The number of carbonyl (C=O) groups excluding carboxylic acids is 1. The van der Waals surface area contributed by atoms with E-state index in [4.69, 9.17) is 9.05 Å². The van der Waals surface area contributed by atoms with Crippen molar-refractivity contribution in [3.8, 4) is 0 Å². The zero-order chi connectivity index (χ0) is 54.9. The number of nitrogens with zero attached hydrogens (tertiary/aromatic N) is 1. The molecule has 3 atom stereocenters. The molecule has 0 fully saturated rings. The van der Waals surface area contributed by atoms with E-state index in [2.05, 4.69) is 104 Å². The molecule has 0 saturated carbocycles. The van der Waals surface area contributed by atoms with Gasteiger partial charge >= 0.3 is 0 Å². The first kappa shape index (κ1) is 72.7. The fourth-order valence-electron chi connectivity index (χ4n) is 9.02. The number of phosphoric acid groups is 1. The van der Waals surface area contributed by atoms with Crippen LogP contribution in [0.25, 0.3) is 0 Å². The van der Waals surface area contributed by atoms with E-state index in [-0.39, 0.29) is 19.1 Å². The maximum atomic E-state index is 13.0. The average Bonchev–Trinajstić information content (AvgIpc) is 3.37. The Kier molecular flexibility index (Phi) is 54.7. The highest BCUT2D eigenvalue weighted by Gasteiger charge is 2.24. The second-order valence-corrected chi connectivity index (χ2v) is 23.8. The van der Waals surface area contributed by atoms with Crippen molar-refractivity contribution in [3.63, 3.8) is 0 Å². The van der Waals surface area contributed by atoms with Gasteiger partial charge in [-0.3, -0.25) is 9.36 Å². The maximum Gasteiger partial charge on any atom is 0.268 e. The van der Waals surface area contributed by atoms with E-state index in [1.807, 2.05) is 21.1 Å². The third-order valence-electron chi connectivity index (χ3n) is 13.9. The molecule has 0 radical (unpaired) electrons. The first-order valence-electron chi connectivity index (χ1n) is 31.4. The number of likely N-dealkylation sites (N-methyl/N-ethyl adjacent to an activating group) is 1. The minimum atomic E-state index is -4.57. The predicted octanol–water partition coefficient (Wildman–Crippen LogP) is 19.0. The summed E-state index contributed by atoms with van der Waals surface area (Å²) in [6.07, 6.45) is 79.3. The van der Waals surface area contributed by atoms with Gasteiger partial charge < -0.3 is 28.8 Å². The molecule has 0 bridgehead atoms. The molecule has 0 aromatic heterocycles. The van der Waals surface area contributed by atoms with E-state index in [0.29, 0.717) is 23.9 Å². The number of hydrogen-bond acceptors (Lipinski definition) is 6. The molecule has 9 heteroatoms. The molecule has 1 amide bonds. The largest absolute Gasteiger partial charge is 0.756 e. The Morgan fingerprint density at radius 3 is 1.19 bits per heavy atom. The van der Waals surface area contributed by atoms with Crippen molar-refractivity contribution in [2.45, 2.75) is 289 Å². The lowest BCUT2D eigenvalue weighted by Gasteiger charge is -2.30. The summed E-state index contributed by atoms with van der Waals surface area (Å²) in [6.45, 7) is 4.61. The van der Waals surface area contributed by atoms with Crippen LogP contribution in [0, 0.1) is 0 Å². The molecule has 0 aliphatic carbocycles. The average molecular weight is 1070 g/mol. The second kappa shape index (κ2) is 56.4. The third kappa shape index (κ3) is 59.2. The summed E-state index contributed by atoms with van der Waals surface area (Å²) in [4.78, 5) is 25.5. The Bertz CT molecular complexity index is 1500. The van der Waals surface area contributed by atoms with Crippen LogP contribution < -0.4 is 10.2 Å². The Labute approximate surface area is 465 Å². The Balaban J connectivity index is 3.89. The smallest absolute Gasteiger partial charge is 0.268 e. The van der Waals surface area contributed by atoms with Crippen LogP contribution in [0.1, 0.15) is 277 Å². The van der Waals surface area contributed by atoms with Crippen LogP contribution in [0.2, 0.25) is 0 Å². The zero-order valence-electron chi connectivity index (χ0n) is 49.7. The van der Waals surface area contributed by atoms with Crippen LogP contribution in [0.5, 0.6) is 0 Å². The molecule has 0 aliphatic rings. The molecule has 3 unspecified atom stereocenters.